The maximum Gasteiger partial charge on any atom is 0.342 e. The first-order valence-corrected chi connectivity index (χ1v) is 9.72. The Labute approximate surface area is 162 Å². The molecule has 0 N–H and O–H groups in total. The molecule has 1 aromatic rings. The molecule has 0 aromatic carbocycles. The van der Waals surface area contributed by atoms with Crippen LogP contribution in [0.1, 0.15) is 64.0 Å². The summed E-state index contributed by atoms with van der Waals surface area (Å²) in [6.07, 6.45) is 10.9. The minimum Gasteiger partial charge on any atom is -0.456 e. The molecule has 0 bridgehead atoms. The number of hydrogen-bond donors (Lipinski definition) is 0. The lowest BCUT2D eigenvalue weighted by molar-refractivity contribution is -0.151. The zero-order valence-corrected chi connectivity index (χ0v) is 16.9. The number of ketones is 1. The maximum atomic E-state index is 12.7. The molecule has 1 aliphatic carbocycles. The van der Waals surface area contributed by atoms with Crippen LogP contribution in [0.25, 0.3) is 6.08 Å². The Balaban J connectivity index is 2.08. The summed E-state index contributed by atoms with van der Waals surface area (Å²) in [4.78, 5) is 29.4. The van der Waals surface area contributed by atoms with Crippen LogP contribution in [0.3, 0.4) is 0 Å². The van der Waals surface area contributed by atoms with Crippen LogP contribution in [0.4, 0.5) is 0 Å². The predicted molar refractivity (Wildman–Crippen MR) is 105 cm³/mol. The third kappa shape index (κ3) is 7.63. The standard InChI is InChI=1S/C22H31NO4/c1-16-10-18(13-23-12-16)11-19(21(25)27-22(2,3)4)20(24)15-26-14-17-8-6-5-7-9-17/h10-13,17H,5-9,14-15H2,1-4H3. The molecule has 0 amide bonds. The van der Waals surface area contributed by atoms with Gasteiger partial charge in [0, 0.05) is 12.4 Å². The first-order valence-electron chi connectivity index (χ1n) is 9.72. The fourth-order valence-corrected chi connectivity index (χ4v) is 3.16. The van der Waals surface area contributed by atoms with E-state index in [0.717, 1.165) is 18.4 Å². The fourth-order valence-electron chi connectivity index (χ4n) is 3.16. The van der Waals surface area contributed by atoms with E-state index < -0.39 is 11.6 Å². The van der Waals surface area contributed by atoms with E-state index in [1.54, 1.807) is 39.2 Å². The van der Waals surface area contributed by atoms with E-state index >= 15 is 0 Å². The van der Waals surface area contributed by atoms with Crippen LogP contribution in [-0.4, -0.2) is 35.6 Å². The topological polar surface area (TPSA) is 65.5 Å². The van der Waals surface area contributed by atoms with Crippen LogP contribution >= 0.6 is 0 Å². The van der Waals surface area contributed by atoms with Gasteiger partial charge in [0.1, 0.15) is 17.8 Å². The molecule has 5 nitrogen and oxygen atoms in total. The lowest BCUT2D eigenvalue weighted by Gasteiger charge is -2.22. The minimum absolute atomic E-state index is 0.000897. The van der Waals surface area contributed by atoms with Gasteiger partial charge in [-0.05, 0) is 69.7 Å². The number of Topliss-reactive ketones (excluding diaryl/α,β-unsaturated/α-hetero) is 1. The number of nitrogens with zero attached hydrogens (tertiary/aromatic N) is 1. The molecule has 0 radical (unpaired) electrons. The largest absolute Gasteiger partial charge is 0.456 e. The molecule has 27 heavy (non-hydrogen) atoms. The third-order valence-corrected chi connectivity index (χ3v) is 4.44. The molecular weight excluding hydrogens is 342 g/mol. The molecule has 1 heterocycles. The Hall–Kier alpha value is -2.01. The molecular formula is C22H31NO4. The summed E-state index contributed by atoms with van der Waals surface area (Å²) in [5.41, 5.74) is 0.968. The summed E-state index contributed by atoms with van der Waals surface area (Å²) in [7, 11) is 0. The molecule has 1 fully saturated rings. The SMILES string of the molecule is Cc1cncc(C=C(C(=O)COCC2CCCCC2)C(=O)OC(C)(C)C)c1. The highest BCUT2D eigenvalue weighted by molar-refractivity contribution is 6.21. The van der Waals surface area contributed by atoms with E-state index in [4.69, 9.17) is 9.47 Å². The number of rotatable bonds is 7. The van der Waals surface area contributed by atoms with Gasteiger partial charge in [-0.25, -0.2) is 4.79 Å². The van der Waals surface area contributed by atoms with Gasteiger partial charge < -0.3 is 9.47 Å². The van der Waals surface area contributed by atoms with E-state index in [0.29, 0.717) is 18.1 Å². The molecule has 0 unspecified atom stereocenters. The Bertz CT molecular complexity index is 682. The van der Waals surface area contributed by atoms with Crippen LogP contribution in [0.5, 0.6) is 0 Å². The number of esters is 1. The van der Waals surface area contributed by atoms with Crippen LogP contribution in [0, 0.1) is 12.8 Å². The molecule has 2 rings (SSSR count). The summed E-state index contributed by atoms with van der Waals surface area (Å²) in [5, 5.41) is 0. The molecule has 0 saturated heterocycles. The molecule has 1 aromatic heterocycles. The summed E-state index contributed by atoms with van der Waals surface area (Å²) in [6.45, 7) is 7.70. The van der Waals surface area contributed by atoms with Crippen molar-refractivity contribution in [3.63, 3.8) is 0 Å². The van der Waals surface area contributed by atoms with Crippen molar-refractivity contribution in [2.24, 2.45) is 5.92 Å². The van der Waals surface area contributed by atoms with Gasteiger partial charge in [-0.1, -0.05) is 19.3 Å². The zero-order valence-electron chi connectivity index (χ0n) is 16.9. The van der Waals surface area contributed by atoms with E-state index in [1.807, 2.05) is 13.0 Å². The van der Waals surface area contributed by atoms with Gasteiger partial charge in [0.25, 0.3) is 0 Å². The minimum atomic E-state index is -0.676. The molecule has 0 aliphatic heterocycles. The van der Waals surface area contributed by atoms with E-state index in [1.165, 1.54) is 19.3 Å². The number of aromatic nitrogens is 1. The molecule has 0 atom stereocenters. The Morgan fingerprint density at radius 2 is 1.89 bits per heavy atom. The van der Waals surface area contributed by atoms with E-state index in [9.17, 15) is 9.59 Å². The normalized spacial score (nSPS) is 16.2. The van der Waals surface area contributed by atoms with Crippen molar-refractivity contribution >= 4 is 17.8 Å². The highest BCUT2D eigenvalue weighted by Gasteiger charge is 2.25. The van der Waals surface area contributed by atoms with E-state index in [-0.39, 0.29) is 18.0 Å². The van der Waals surface area contributed by atoms with Crippen molar-refractivity contribution in [2.45, 2.75) is 65.4 Å². The van der Waals surface area contributed by atoms with Crippen molar-refractivity contribution in [1.29, 1.82) is 0 Å². The van der Waals surface area contributed by atoms with Gasteiger partial charge in [-0.3, -0.25) is 9.78 Å². The molecule has 1 aliphatic rings. The summed E-state index contributed by atoms with van der Waals surface area (Å²) in [6, 6.07) is 1.87. The second kappa shape index (κ2) is 9.79. The first kappa shape index (κ1) is 21.3. The van der Waals surface area contributed by atoms with Crippen molar-refractivity contribution in [2.75, 3.05) is 13.2 Å². The number of hydrogen-bond acceptors (Lipinski definition) is 5. The second-order valence-electron chi connectivity index (χ2n) is 8.30. The first-order chi connectivity index (χ1) is 12.7. The van der Waals surface area contributed by atoms with Crippen LogP contribution in [0.2, 0.25) is 0 Å². The number of pyridine rings is 1. The Morgan fingerprint density at radius 3 is 2.52 bits per heavy atom. The summed E-state index contributed by atoms with van der Waals surface area (Å²) < 4.78 is 11.1. The highest BCUT2D eigenvalue weighted by atomic mass is 16.6. The van der Waals surface area contributed by atoms with Crippen LogP contribution in [0.15, 0.2) is 24.0 Å². The van der Waals surface area contributed by atoms with Crippen molar-refractivity contribution in [1.82, 2.24) is 4.98 Å². The average molecular weight is 373 g/mol. The maximum absolute atomic E-state index is 12.7. The van der Waals surface area contributed by atoms with Crippen molar-refractivity contribution in [3.05, 3.63) is 35.2 Å². The average Bonchev–Trinajstić information content (AvgIpc) is 2.59. The third-order valence-electron chi connectivity index (χ3n) is 4.44. The summed E-state index contributed by atoms with van der Waals surface area (Å²) in [5.74, 6) is -0.474. The van der Waals surface area contributed by atoms with Gasteiger partial charge in [-0.15, -0.1) is 0 Å². The van der Waals surface area contributed by atoms with Gasteiger partial charge >= 0.3 is 5.97 Å². The van der Waals surface area contributed by atoms with Crippen LogP contribution in [-0.2, 0) is 19.1 Å². The molecule has 148 valence electrons. The monoisotopic (exact) mass is 373 g/mol. The van der Waals surface area contributed by atoms with Crippen molar-refractivity contribution in [3.8, 4) is 0 Å². The number of carbonyl (C=O) groups excluding carboxylic acids is 2. The number of ether oxygens (including phenoxy) is 2. The molecule has 5 heteroatoms. The Kier molecular flexibility index (Phi) is 7.72. The molecule has 1 saturated carbocycles. The second-order valence-corrected chi connectivity index (χ2v) is 8.30. The van der Waals surface area contributed by atoms with Gasteiger partial charge in [-0.2, -0.15) is 0 Å². The summed E-state index contributed by atoms with van der Waals surface area (Å²) >= 11 is 0. The van der Waals surface area contributed by atoms with Gasteiger partial charge in [0.15, 0.2) is 5.78 Å². The molecule has 0 spiro atoms. The Morgan fingerprint density at radius 1 is 1.19 bits per heavy atom. The quantitative estimate of drug-likeness (QED) is 0.309. The zero-order chi connectivity index (χ0) is 19.9. The highest BCUT2D eigenvalue weighted by Crippen LogP contribution is 2.24. The fraction of sp³-hybridized carbons (Fsp3) is 0.591. The van der Waals surface area contributed by atoms with Gasteiger partial charge in [0.2, 0.25) is 0 Å². The number of aryl methyl sites for hydroxylation is 1. The lowest BCUT2D eigenvalue weighted by atomic mass is 9.90. The van der Waals surface area contributed by atoms with Gasteiger partial charge in [0.05, 0.1) is 6.61 Å². The number of carbonyl (C=O) groups is 2. The lowest BCUT2D eigenvalue weighted by Crippen LogP contribution is -2.29. The smallest absolute Gasteiger partial charge is 0.342 e. The van der Waals surface area contributed by atoms with Crippen molar-refractivity contribution < 1.29 is 19.1 Å². The predicted octanol–water partition coefficient (Wildman–Crippen LogP) is 4.28. The van der Waals surface area contributed by atoms with E-state index in [2.05, 4.69) is 4.98 Å². The van der Waals surface area contributed by atoms with Crippen LogP contribution < -0.4 is 0 Å².